The predicted octanol–water partition coefficient (Wildman–Crippen LogP) is 3.11. The molecule has 1 aromatic carbocycles. The van der Waals surface area contributed by atoms with Crippen LogP contribution in [0.4, 0.5) is 24.7 Å². The topological polar surface area (TPSA) is 56.8 Å². The highest BCUT2D eigenvalue weighted by atomic mass is 19.4. The summed E-state index contributed by atoms with van der Waals surface area (Å²) in [5.41, 5.74) is 1.21. The minimum atomic E-state index is -4.41. The van der Waals surface area contributed by atoms with E-state index in [-0.39, 0.29) is 0 Å². The second-order valence-corrected chi connectivity index (χ2v) is 7.59. The fourth-order valence-corrected chi connectivity index (χ4v) is 3.84. The molecular formula is C21H21F3N4O2. The largest absolute Gasteiger partial charge is 0.417 e. The normalized spacial score (nSPS) is 18.0. The van der Waals surface area contributed by atoms with E-state index in [1.54, 1.807) is 12.1 Å². The number of nitrogens with zero attached hydrogens (tertiary/aromatic N) is 4. The molecule has 0 spiro atoms. The number of benzene rings is 1. The molecule has 1 aromatic heterocycles. The first kappa shape index (κ1) is 20.3. The van der Waals surface area contributed by atoms with Crippen LogP contribution in [0.2, 0.25) is 0 Å². The first-order valence-corrected chi connectivity index (χ1v) is 9.71. The zero-order valence-electron chi connectivity index (χ0n) is 16.4. The molecule has 6 nitrogen and oxygen atoms in total. The second kappa shape index (κ2) is 7.71. The van der Waals surface area contributed by atoms with Gasteiger partial charge < -0.3 is 4.90 Å². The quantitative estimate of drug-likeness (QED) is 0.717. The standard InChI is InChI=1S/C21H21F3N4O2/c1-14-3-5-17-16(11-14)19(29)20(30)28(17)13-26-7-2-8-27(10-9-26)18-6-4-15(12-25-18)21(22,23)24/h3-6,11-12H,2,7-10,13H2,1H3. The van der Waals surface area contributed by atoms with E-state index >= 15 is 0 Å². The zero-order chi connectivity index (χ0) is 21.5. The molecule has 2 aliphatic rings. The van der Waals surface area contributed by atoms with E-state index in [1.807, 2.05) is 17.9 Å². The lowest BCUT2D eigenvalue weighted by molar-refractivity contribution is -0.137. The molecule has 2 aromatic rings. The van der Waals surface area contributed by atoms with Crippen molar-refractivity contribution < 1.29 is 22.8 Å². The van der Waals surface area contributed by atoms with Gasteiger partial charge in [-0.15, -0.1) is 0 Å². The Morgan fingerprint density at radius 2 is 1.83 bits per heavy atom. The number of amides is 1. The highest BCUT2D eigenvalue weighted by molar-refractivity contribution is 6.52. The lowest BCUT2D eigenvalue weighted by atomic mass is 10.1. The summed E-state index contributed by atoms with van der Waals surface area (Å²) in [6.07, 6.45) is -2.79. The maximum atomic E-state index is 12.7. The van der Waals surface area contributed by atoms with E-state index in [0.29, 0.717) is 49.9 Å². The molecule has 0 N–H and O–H groups in total. The van der Waals surface area contributed by atoms with Crippen LogP contribution in [0.25, 0.3) is 0 Å². The first-order chi connectivity index (χ1) is 14.2. The third-order valence-electron chi connectivity index (χ3n) is 5.46. The maximum absolute atomic E-state index is 12.7. The SMILES string of the molecule is Cc1ccc2c(c1)C(=O)C(=O)N2CN1CCCN(c2ccc(C(F)(F)F)cn2)CC1. The number of anilines is 2. The highest BCUT2D eigenvalue weighted by Crippen LogP contribution is 2.31. The van der Waals surface area contributed by atoms with E-state index in [9.17, 15) is 22.8 Å². The lowest BCUT2D eigenvalue weighted by Crippen LogP contribution is -2.42. The smallest absolute Gasteiger partial charge is 0.355 e. The Balaban J connectivity index is 1.43. The molecule has 1 saturated heterocycles. The van der Waals surface area contributed by atoms with E-state index in [0.717, 1.165) is 24.2 Å². The average Bonchev–Trinajstić information content (AvgIpc) is 2.87. The van der Waals surface area contributed by atoms with Crippen LogP contribution in [-0.4, -0.2) is 54.4 Å². The number of halogens is 3. The molecule has 158 valence electrons. The van der Waals surface area contributed by atoms with Crippen molar-refractivity contribution >= 4 is 23.2 Å². The van der Waals surface area contributed by atoms with Gasteiger partial charge in [0.1, 0.15) is 5.82 Å². The van der Waals surface area contributed by atoms with Crippen LogP contribution in [0, 0.1) is 6.92 Å². The number of hydrogen-bond donors (Lipinski definition) is 0. The van der Waals surface area contributed by atoms with E-state index in [4.69, 9.17) is 0 Å². The Morgan fingerprint density at radius 1 is 1.03 bits per heavy atom. The molecule has 0 saturated carbocycles. The van der Waals surface area contributed by atoms with Crippen molar-refractivity contribution in [1.29, 1.82) is 0 Å². The van der Waals surface area contributed by atoms with E-state index < -0.39 is 23.4 Å². The number of carbonyl (C=O) groups excluding carboxylic acids is 2. The van der Waals surface area contributed by atoms with Gasteiger partial charge in [0.05, 0.1) is 23.5 Å². The van der Waals surface area contributed by atoms with Gasteiger partial charge in [-0.05, 0) is 37.6 Å². The Labute approximate surface area is 171 Å². The van der Waals surface area contributed by atoms with Gasteiger partial charge in [-0.3, -0.25) is 19.4 Å². The minimum absolute atomic E-state index is 0.301. The Kier molecular flexibility index (Phi) is 5.23. The summed E-state index contributed by atoms with van der Waals surface area (Å²) in [7, 11) is 0. The summed E-state index contributed by atoms with van der Waals surface area (Å²) >= 11 is 0. The Morgan fingerprint density at radius 3 is 2.53 bits per heavy atom. The molecule has 2 aliphatic heterocycles. The van der Waals surface area contributed by atoms with Crippen LogP contribution < -0.4 is 9.80 Å². The summed E-state index contributed by atoms with van der Waals surface area (Å²) < 4.78 is 38.2. The van der Waals surface area contributed by atoms with Crippen LogP contribution in [0.1, 0.15) is 27.9 Å². The Hall–Kier alpha value is -2.94. The van der Waals surface area contributed by atoms with Crippen molar-refractivity contribution in [2.24, 2.45) is 0 Å². The highest BCUT2D eigenvalue weighted by Gasteiger charge is 2.37. The third-order valence-corrected chi connectivity index (χ3v) is 5.46. The molecule has 9 heteroatoms. The summed E-state index contributed by atoms with van der Waals surface area (Å²) in [5, 5.41) is 0. The zero-order valence-corrected chi connectivity index (χ0v) is 16.4. The fraction of sp³-hybridized carbons (Fsp3) is 0.381. The number of fused-ring (bicyclic) bond motifs is 1. The molecule has 0 radical (unpaired) electrons. The number of ketones is 1. The monoisotopic (exact) mass is 418 g/mol. The van der Waals surface area contributed by atoms with Crippen molar-refractivity contribution in [3.8, 4) is 0 Å². The van der Waals surface area contributed by atoms with E-state index in [2.05, 4.69) is 9.88 Å². The number of Topliss-reactive ketones (excluding diaryl/α,β-unsaturated/α-hetero) is 1. The van der Waals surface area contributed by atoms with Crippen LogP contribution in [0.3, 0.4) is 0 Å². The molecule has 0 bridgehead atoms. The first-order valence-electron chi connectivity index (χ1n) is 9.71. The molecule has 1 amide bonds. The van der Waals surface area contributed by atoms with Crippen LogP contribution in [0.15, 0.2) is 36.5 Å². The number of aromatic nitrogens is 1. The molecule has 3 heterocycles. The lowest BCUT2D eigenvalue weighted by Gasteiger charge is -2.27. The number of aryl methyl sites for hydroxylation is 1. The van der Waals surface area contributed by atoms with Gasteiger partial charge in [0.15, 0.2) is 0 Å². The predicted molar refractivity (Wildman–Crippen MR) is 106 cm³/mol. The van der Waals surface area contributed by atoms with Gasteiger partial charge in [0.2, 0.25) is 0 Å². The molecule has 0 unspecified atom stereocenters. The second-order valence-electron chi connectivity index (χ2n) is 7.59. The van der Waals surface area contributed by atoms with Gasteiger partial charge in [-0.1, -0.05) is 11.6 Å². The van der Waals surface area contributed by atoms with Gasteiger partial charge in [0.25, 0.3) is 5.78 Å². The molecule has 1 fully saturated rings. The molecule has 0 atom stereocenters. The molecule has 0 aliphatic carbocycles. The number of alkyl halides is 3. The van der Waals surface area contributed by atoms with Crippen LogP contribution in [0.5, 0.6) is 0 Å². The van der Waals surface area contributed by atoms with Crippen molar-refractivity contribution in [2.75, 3.05) is 42.6 Å². The number of pyridine rings is 1. The van der Waals surface area contributed by atoms with E-state index in [1.165, 1.54) is 11.0 Å². The maximum Gasteiger partial charge on any atom is 0.417 e. The average molecular weight is 418 g/mol. The summed E-state index contributed by atoms with van der Waals surface area (Å²) in [5.74, 6) is -0.515. The van der Waals surface area contributed by atoms with Crippen LogP contribution in [-0.2, 0) is 11.0 Å². The van der Waals surface area contributed by atoms with Gasteiger partial charge in [0, 0.05) is 32.4 Å². The van der Waals surface area contributed by atoms with Crippen LogP contribution >= 0.6 is 0 Å². The van der Waals surface area contributed by atoms with Crippen molar-refractivity contribution in [1.82, 2.24) is 9.88 Å². The summed E-state index contributed by atoms with van der Waals surface area (Å²) in [4.78, 5) is 34.3. The van der Waals surface area contributed by atoms with Crippen molar-refractivity contribution in [3.05, 3.63) is 53.2 Å². The van der Waals surface area contributed by atoms with Gasteiger partial charge >= 0.3 is 12.1 Å². The number of rotatable bonds is 3. The van der Waals surface area contributed by atoms with Crippen molar-refractivity contribution in [3.63, 3.8) is 0 Å². The number of carbonyl (C=O) groups is 2. The van der Waals surface area contributed by atoms with Gasteiger partial charge in [-0.25, -0.2) is 4.98 Å². The molecular weight excluding hydrogens is 397 g/mol. The molecule has 30 heavy (non-hydrogen) atoms. The third kappa shape index (κ3) is 3.89. The summed E-state index contributed by atoms with van der Waals surface area (Å²) in [6.45, 7) is 4.69. The number of hydrogen-bond acceptors (Lipinski definition) is 5. The molecule has 4 rings (SSSR count). The summed E-state index contributed by atoms with van der Waals surface area (Å²) in [6, 6.07) is 7.83. The fourth-order valence-electron chi connectivity index (χ4n) is 3.84. The Bertz CT molecular complexity index is 975. The van der Waals surface area contributed by atoms with Crippen molar-refractivity contribution in [2.45, 2.75) is 19.5 Å². The minimum Gasteiger partial charge on any atom is -0.355 e. The van der Waals surface area contributed by atoms with Gasteiger partial charge in [-0.2, -0.15) is 13.2 Å².